The number of nitrogens with zero attached hydrogens (tertiary/aromatic N) is 1. The number of sulfone groups is 1. The Labute approximate surface area is 107 Å². The SMILES string of the molecule is Cc1cccc(N)c1C(=O)N1CCS(=O)(=O)CC1. The zero-order valence-corrected chi connectivity index (χ0v) is 11.0. The van der Waals surface area contributed by atoms with E-state index in [1.54, 1.807) is 17.0 Å². The molecule has 1 aliphatic rings. The zero-order valence-electron chi connectivity index (χ0n) is 10.2. The monoisotopic (exact) mass is 268 g/mol. The van der Waals surface area contributed by atoms with Crippen molar-refractivity contribution in [3.8, 4) is 0 Å². The summed E-state index contributed by atoms with van der Waals surface area (Å²) in [6, 6.07) is 5.30. The van der Waals surface area contributed by atoms with Crippen LogP contribution in [0, 0.1) is 6.92 Å². The maximum atomic E-state index is 12.3. The van der Waals surface area contributed by atoms with Gasteiger partial charge in [-0.2, -0.15) is 0 Å². The molecule has 98 valence electrons. The second kappa shape index (κ2) is 4.61. The molecule has 0 atom stereocenters. The normalized spacial score (nSPS) is 18.6. The third kappa shape index (κ3) is 2.48. The summed E-state index contributed by atoms with van der Waals surface area (Å²) in [6.07, 6.45) is 0. The van der Waals surface area contributed by atoms with Gasteiger partial charge in [0.25, 0.3) is 5.91 Å². The lowest BCUT2D eigenvalue weighted by molar-refractivity contribution is 0.0770. The molecule has 1 amide bonds. The number of carbonyl (C=O) groups is 1. The minimum absolute atomic E-state index is 0.0323. The fraction of sp³-hybridized carbons (Fsp3) is 0.417. The lowest BCUT2D eigenvalue weighted by Gasteiger charge is -2.27. The van der Waals surface area contributed by atoms with Crippen molar-refractivity contribution in [3.05, 3.63) is 29.3 Å². The Bertz CT molecular complexity index is 547. The van der Waals surface area contributed by atoms with E-state index in [4.69, 9.17) is 5.73 Å². The van der Waals surface area contributed by atoms with Gasteiger partial charge in [0, 0.05) is 18.8 Å². The second-order valence-electron chi connectivity index (χ2n) is 4.48. The Kier molecular flexibility index (Phi) is 3.30. The van der Waals surface area contributed by atoms with Crippen molar-refractivity contribution < 1.29 is 13.2 Å². The van der Waals surface area contributed by atoms with Crippen LogP contribution in [0.2, 0.25) is 0 Å². The molecule has 6 heteroatoms. The summed E-state index contributed by atoms with van der Waals surface area (Å²) in [6.45, 7) is 2.31. The highest BCUT2D eigenvalue weighted by Crippen LogP contribution is 2.19. The van der Waals surface area contributed by atoms with Gasteiger partial charge in [0.2, 0.25) is 0 Å². The molecule has 0 bridgehead atoms. The van der Waals surface area contributed by atoms with Crippen LogP contribution in [0.3, 0.4) is 0 Å². The molecule has 1 fully saturated rings. The van der Waals surface area contributed by atoms with Gasteiger partial charge < -0.3 is 10.6 Å². The van der Waals surface area contributed by atoms with E-state index in [1.807, 2.05) is 13.0 Å². The number of carbonyl (C=O) groups excluding carboxylic acids is 1. The van der Waals surface area contributed by atoms with Crippen LogP contribution in [0.1, 0.15) is 15.9 Å². The number of aryl methyl sites for hydroxylation is 1. The quantitative estimate of drug-likeness (QED) is 0.750. The summed E-state index contributed by atoms with van der Waals surface area (Å²) in [5.74, 6) is -0.116. The maximum absolute atomic E-state index is 12.3. The molecule has 0 aromatic heterocycles. The molecule has 18 heavy (non-hydrogen) atoms. The first-order chi connectivity index (χ1) is 8.41. The second-order valence-corrected chi connectivity index (χ2v) is 6.79. The van der Waals surface area contributed by atoms with Crippen molar-refractivity contribution in [2.24, 2.45) is 0 Å². The molecule has 1 aromatic carbocycles. The Morgan fingerprint density at radius 3 is 2.44 bits per heavy atom. The van der Waals surface area contributed by atoms with Crippen molar-refractivity contribution in [3.63, 3.8) is 0 Å². The van der Waals surface area contributed by atoms with Crippen LogP contribution in [0.25, 0.3) is 0 Å². The summed E-state index contributed by atoms with van der Waals surface area (Å²) in [4.78, 5) is 13.9. The van der Waals surface area contributed by atoms with Crippen LogP contribution in [-0.4, -0.2) is 43.8 Å². The van der Waals surface area contributed by atoms with Gasteiger partial charge in [-0.15, -0.1) is 0 Å². The number of rotatable bonds is 1. The van der Waals surface area contributed by atoms with E-state index in [2.05, 4.69) is 0 Å². The first-order valence-corrected chi connectivity index (χ1v) is 7.57. The molecule has 0 aliphatic carbocycles. The number of nitrogen functional groups attached to an aromatic ring is 1. The number of amides is 1. The predicted octanol–water partition coefficient (Wildman–Crippen LogP) is 0.448. The minimum atomic E-state index is -2.98. The Morgan fingerprint density at radius 1 is 1.28 bits per heavy atom. The summed E-state index contributed by atoms with van der Waals surface area (Å²) in [5.41, 5.74) is 7.55. The topological polar surface area (TPSA) is 80.5 Å². The van der Waals surface area contributed by atoms with Gasteiger partial charge in [-0.1, -0.05) is 12.1 Å². The summed E-state index contributed by atoms with van der Waals surface area (Å²) in [5, 5.41) is 0. The molecule has 1 saturated heterocycles. The van der Waals surface area contributed by atoms with E-state index < -0.39 is 9.84 Å². The van der Waals surface area contributed by atoms with Crippen LogP contribution in [0.5, 0.6) is 0 Å². The fourth-order valence-corrected chi connectivity index (χ4v) is 3.26. The Morgan fingerprint density at radius 2 is 1.89 bits per heavy atom. The zero-order chi connectivity index (χ0) is 13.3. The summed E-state index contributed by atoms with van der Waals surface area (Å²) >= 11 is 0. The van der Waals surface area contributed by atoms with E-state index in [1.165, 1.54) is 0 Å². The van der Waals surface area contributed by atoms with E-state index in [-0.39, 0.29) is 30.5 Å². The Balaban J connectivity index is 2.23. The van der Waals surface area contributed by atoms with Gasteiger partial charge in [0.05, 0.1) is 17.1 Å². The third-order valence-electron chi connectivity index (χ3n) is 3.15. The van der Waals surface area contributed by atoms with Gasteiger partial charge in [0.1, 0.15) is 0 Å². The molecule has 0 radical (unpaired) electrons. The smallest absolute Gasteiger partial charge is 0.256 e. The van der Waals surface area contributed by atoms with Crippen LogP contribution in [-0.2, 0) is 9.84 Å². The van der Waals surface area contributed by atoms with Crippen LogP contribution in [0.15, 0.2) is 18.2 Å². The first kappa shape index (κ1) is 12.9. The van der Waals surface area contributed by atoms with Gasteiger partial charge in [-0.3, -0.25) is 4.79 Å². The average molecular weight is 268 g/mol. The number of benzene rings is 1. The van der Waals surface area contributed by atoms with Crippen molar-refractivity contribution in [2.75, 3.05) is 30.3 Å². The minimum Gasteiger partial charge on any atom is -0.398 e. The van der Waals surface area contributed by atoms with E-state index >= 15 is 0 Å². The largest absolute Gasteiger partial charge is 0.398 e. The Hall–Kier alpha value is -1.56. The van der Waals surface area contributed by atoms with E-state index in [0.717, 1.165) is 5.56 Å². The number of hydrogen-bond donors (Lipinski definition) is 1. The molecule has 0 saturated carbocycles. The maximum Gasteiger partial charge on any atom is 0.256 e. The average Bonchev–Trinajstić information content (AvgIpc) is 2.28. The molecule has 1 aromatic rings. The molecular formula is C12H16N2O3S. The molecule has 2 N–H and O–H groups in total. The highest BCUT2D eigenvalue weighted by Gasteiger charge is 2.27. The van der Waals surface area contributed by atoms with Gasteiger partial charge >= 0.3 is 0 Å². The number of anilines is 1. The molecule has 0 unspecified atom stereocenters. The predicted molar refractivity (Wildman–Crippen MR) is 70.1 cm³/mol. The van der Waals surface area contributed by atoms with Gasteiger partial charge in [0.15, 0.2) is 9.84 Å². The van der Waals surface area contributed by atoms with Crippen LogP contribution in [0.4, 0.5) is 5.69 Å². The van der Waals surface area contributed by atoms with Crippen molar-refractivity contribution >= 4 is 21.4 Å². The third-order valence-corrected chi connectivity index (χ3v) is 4.76. The molecule has 0 spiro atoms. The highest BCUT2D eigenvalue weighted by molar-refractivity contribution is 7.91. The molecule has 1 heterocycles. The van der Waals surface area contributed by atoms with Gasteiger partial charge in [-0.05, 0) is 18.6 Å². The number of hydrogen-bond acceptors (Lipinski definition) is 4. The van der Waals surface area contributed by atoms with E-state index in [0.29, 0.717) is 11.3 Å². The lowest BCUT2D eigenvalue weighted by atomic mass is 10.1. The fourth-order valence-electron chi connectivity index (χ4n) is 2.06. The van der Waals surface area contributed by atoms with Crippen molar-refractivity contribution in [1.82, 2.24) is 4.90 Å². The van der Waals surface area contributed by atoms with Crippen LogP contribution >= 0.6 is 0 Å². The van der Waals surface area contributed by atoms with Crippen LogP contribution < -0.4 is 5.73 Å². The van der Waals surface area contributed by atoms with Crippen molar-refractivity contribution in [2.45, 2.75) is 6.92 Å². The summed E-state index contributed by atoms with van der Waals surface area (Å²) in [7, 11) is -2.98. The molecule has 5 nitrogen and oxygen atoms in total. The van der Waals surface area contributed by atoms with E-state index in [9.17, 15) is 13.2 Å². The number of nitrogens with two attached hydrogens (primary N) is 1. The highest BCUT2D eigenvalue weighted by atomic mass is 32.2. The lowest BCUT2D eigenvalue weighted by Crippen LogP contribution is -2.44. The molecule has 2 rings (SSSR count). The first-order valence-electron chi connectivity index (χ1n) is 5.75. The molecule has 1 aliphatic heterocycles. The standard InChI is InChI=1S/C12H16N2O3S/c1-9-3-2-4-10(13)11(9)12(15)14-5-7-18(16,17)8-6-14/h2-4H,5-8,13H2,1H3. The summed E-state index contributed by atoms with van der Waals surface area (Å²) < 4.78 is 22.7. The van der Waals surface area contributed by atoms with Gasteiger partial charge in [-0.25, -0.2) is 8.42 Å². The van der Waals surface area contributed by atoms with Crippen molar-refractivity contribution in [1.29, 1.82) is 0 Å². The molecular weight excluding hydrogens is 252 g/mol.